The molecule has 0 bridgehead atoms. The van der Waals surface area contributed by atoms with E-state index >= 15 is 0 Å². The number of fused-ring (bicyclic) bond motifs is 4. The summed E-state index contributed by atoms with van der Waals surface area (Å²) in [4.78, 5) is 28.4. The van der Waals surface area contributed by atoms with E-state index in [-0.39, 0.29) is 24.7 Å². The minimum atomic E-state index is -1.000. The first-order valence-electron chi connectivity index (χ1n) is 11.7. The summed E-state index contributed by atoms with van der Waals surface area (Å²) >= 11 is 0. The van der Waals surface area contributed by atoms with Gasteiger partial charge in [0.2, 0.25) is 11.8 Å². The monoisotopic (exact) mass is 458 g/mol. The topological polar surface area (TPSA) is 58.6 Å². The minimum Gasteiger partial charge on any atom is -0.491 e. The largest absolute Gasteiger partial charge is 0.491 e. The lowest BCUT2D eigenvalue weighted by molar-refractivity contribution is -0.124. The van der Waals surface area contributed by atoms with Crippen molar-refractivity contribution in [3.05, 3.63) is 95.5 Å². The second-order valence-electron chi connectivity index (χ2n) is 9.01. The highest BCUT2D eigenvalue weighted by atomic mass is 19.1. The van der Waals surface area contributed by atoms with Crippen LogP contribution in [0.4, 0.5) is 15.8 Å². The van der Waals surface area contributed by atoms with Gasteiger partial charge in [0.15, 0.2) is 0 Å². The number of carbonyl (C=O) groups excluding carboxylic acids is 2. The van der Waals surface area contributed by atoms with Gasteiger partial charge in [-0.1, -0.05) is 55.0 Å². The Morgan fingerprint density at radius 3 is 2.76 bits per heavy atom. The summed E-state index contributed by atoms with van der Waals surface area (Å²) in [6.07, 6.45) is 9.05. The molecule has 1 saturated heterocycles. The SMILES string of the molecule is C=C1/C=C2/OCC3(C(=O)N(CC(=O)Nc4ccccc4F)c4ccccc43)/C2=C/CCCCC1. The van der Waals surface area contributed by atoms with Gasteiger partial charge in [-0.15, -0.1) is 0 Å². The molecule has 1 atom stereocenters. The zero-order valence-corrected chi connectivity index (χ0v) is 19.0. The third-order valence-corrected chi connectivity index (χ3v) is 6.77. The third-order valence-electron chi connectivity index (χ3n) is 6.77. The number of hydrogen-bond donors (Lipinski definition) is 1. The van der Waals surface area contributed by atoms with E-state index in [4.69, 9.17) is 4.74 Å². The van der Waals surface area contributed by atoms with Gasteiger partial charge >= 0.3 is 0 Å². The summed E-state index contributed by atoms with van der Waals surface area (Å²) in [6, 6.07) is 13.5. The minimum absolute atomic E-state index is 0.0881. The van der Waals surface area contributed by atoms with Crippen LogP contribution in [0.1, 0.15) is 37.7 Å². The molecule has 1 spiro atoms. The fraction of sp³-hybridized carbons (Fsp3) is 0.286. The van der Waals surface area contributed by atoms with E-state index in [1.54, 1.807) is 12.1 Å². The van der Waals surface area contributed by atoms with Gasteiger partial charge in [0.1, 0.15) is 30.1 Å². The molecule has 5 rings (SSSR count). The molecule has 2 heterocycles. The lowest BCUT2D eigenvalue weighted by Crippen LogP contribution is -2.44. The molecular weight excluding hydrogens is 431 g/mol. The number of amides is 2. The van der Waals surface area contributed by atoms with Gasteiger partial charge in [-0.05, 0) is 55.5 Å². The first-order chi connectivity index (χ1) is 16.5. The molecule has 34 heavy (non-hydrogen) atoms. The Morgan fingerprint density at radius 1 is 1.12 bits per heavy atom. The second-order valence-corrected chi connectivity index (χ2v) is 9.01. The van der Waals surface area contributed by atoms with E-state index < -0.39 is 17.1 Å². The van der Waals surface area contributed by atoms with Crippen molar-refractivity contribution in [2.24, 2.45) is 0 Å². The average Bonchev–Trinajstić information content (AvgIpc) is 3.30. The van der Waals surface area contributed by atoms with Gasteiger partial charge < -0.3 is 15.0 Å². The molecule has 2 aliphatic heterocycles. The van der Waals surface area contributed by atoms with Crippen LogP contribution in [0.15, 0.2) is 84.2 Å². The summed E-state index contributed by atoms with van der Waals surface area (Å²) < 4.78 is 20.2. The van der Waals surface area contributed by atoms with Gasteiger partial charge in [0.25, 0.3) is 0 Å². The number of anilines is 2. The first-order valence-corrected chi connectivity index (χ1v) is 11.7. The maximum absolute atomic E-state index is 14.0. The Labute approximate surface area is 198 Å². The molecule has 0 saturated carbocycles. The van der Waals surface area contributed by atoms with Crippen LogP contribution in [0.25, 0.3) is 0 Å². The van der Waals surface area contributed by atoms with Crippen LogP contribution < -0.4 is 10.2 Å². The van der Waals surface area contributed by atoms with Crippen LogP contribution >= 0.6 is 0 Å². The van der Waals surface area contributed by atoms with Crippen molar-refractivity contribution in [1.29, 1.82) is 0 Å². The molecule has 174 valence electrons. The number of nitrogens with one attached hydrogen (secondary N) is 1. The van der Waals surface area contributed by atoms with Crippen LogP contribution in [-0.4, -0.2) is 25.0 Å². The lowest BCUT2D eigenvalue weighted by atomic mass is 9.75. The molecule has 1 fully saturated rings. The summed E-state index contributed by atoms with van der Waals surface area (Å²) in [5.41, 5.74) is 2.43. The number of hydrogen-bond acceptors (Lipinski definition) is 3. The molecule has 1 N–H and O–H groups in total. The van der Waals surface area contributed by atoms with E-state index in [1.807, 2.05) is 30.3 Å². The number of rotatable bonds is 3. The van der Waals surface area contributed by atoms with E-state index in [1.165, 1.54) is 17.0 Å². The zero-order valence-electron chi connectivity index (χ0n) is 19.0. The normalized spacial score (nSPS) is 25.0. The second kappa shape index (κ2) is 8.93. The molecule has 5 nitrogen and oxygen atoms in total. The summed E-state index contributed by atoms with van der Waals surface area (Å²) in [6.45, 7) is 4.13. The Balaban J connectivity index is 1.51. The molecule has 0 aromatic heterocycles. The molecule has 1 aliphatic carbocycles. The van der Waals surface area contributed by atoms with E-state index in [0.29, 0.717) is 11.4 Å². The zero-order chi connectivity index (χ0) is 23.7. The van der Waals surface area contributed by atoms with Gasteiger partial charge in [-0.25, -0.2) is 4.39 Å². The molecule has 6 heteroatoms. The van der Waals surface area contributed by atoms with Crippen molar-refractivity contribution in [3.8, 4) is 0 Å². The van der Waals surface area contributed by atoms with Crippen LogP contribution in [0.5, 0.6) is 0 Å². The van der Waals surface area contributed by atoms with Crippen molar-refractivity contribution >= 4 is 23.2 Å². The predicted molar refractivity (Wildman–Crippen MR) is 130 cm³/mol. The average molecular weight is 459 g/mol. The van der Waals surface area contributed by atoms with Crippen LogP contribution in [-0.2, 0) is 19.7 Å². The standard InChI is InChI=1S/C28H27FN2O3/c1-19-10-4-2-3-5-12-21-25(16-19)34-18-28(21)20-11-6-9-15-24(20)31(27(28)33)17-26(32)30-23-14-8-7-13-22(23)29/h6-9,11-16H,1-5,10,17-18H2,(H,30,32)/b21-12+,25-16+. The van der Waals surface area contributed by atoms with Crippen LogP contribution in [0, 0.1) is 5.82 Å². The smallest absolute Gasteiger partial charge is 0.246 e. The Bertz CT molecular complexity index is 1230. The lowest BCUT2D eigenvalue weighted by Gasteiger charge is -2.23. The molecule has 2 amide bonds. The van der Waals surface area contributed by atoms with Gasteiger partial charge in [-0.2, -0.15) is 0 Å². The quantitative estimate of drug-likeness (QED) is 0.669. The molecular formula is C28H27FN2O3. The van der Waals surface area contributed by atoms with Crippen molar-refractivity contribution in [2.75, 3.05) is 23.4 Å². The highest BCUT2D eigenvalue weighted by Crippen LogP contribution is 2.52. The van der Waals surface area contributed by atoms with Crippen LogP contribution in [0.3, 0.4) is 0 Å². The van der Waals surface area contributed by atoms with Crippen molar-refractivity contribution in [3.63, 3.8) is 0 Å². The Morgan fingerprint density at radius 2 is 1.91 bits per heavy atom. The number of benzene rings is 2. The number of ether oxygens (including phenoxy) is 1. The fourth-order valence-electron chi connectivity index (χ4n) is 5.10. The number of para-hydroxylation sites is 2. The van der Waals surface area contributed by atoms with Crippen molar-refractivity contribution in [1.82, 2.24) is 0 Å². The van der Waals surface area contributed by atoms with Gasteiger partial charge in [0, 0.05) is 11.3 Å². The van der Waals surface area contributed by atoms with Gasteiger partial charge in [0.05, 0.1) is 5.69 Å². The Hall–Kier alpha value is -3.67. The summed E-state index contributed by atoms with van der Waals surface area (Å²) in [7, 11) is 0. The van der Waals surface area contributed by atoms with Crippen molar-refractivity contribution < 1.29 is 18.7 Å². The maximum Gasteiger partial charge on any atom is 0.246 e. The fourth-order valence-corrected chi connectivity index (χ4v) is 5.10. The third kappa shape index (κ3) is 3.73. The van der Waals surface area contributed by atoms with Gasteiger partial charge in [-0.3, -0.25) is 9.59 Å². The number of allylic oxidation sites excluding steroid dienone is 4. The highest BCUT2D eigenvalue weighted by molar-refractivity contribution is 6.14. The predicted octanol–water partition coefficient (Wildman–Crippen LogP) is 5.41. The highest BCUT2D eigenvalue weighted by Gasteiger charge is 2.58. The summed E-state index contributed by atoms with van der Waals surface area (Å²) in [5, 5.41) is 2.59. The van der Waals surface area contributed by atoms with E-state index in [9.17, 15) is 14.0 Å². The summed E-state index contributed by atoms with van der Waals surface area (Å²) in [5.74, 6) is -0.498. The number of halogens is 1. The first kappa shape index (κ1) is 22.1. The van der Waals surface area contributed by atoms with E-state index in [2.05, 4.69) is 18.0 Å². The van der Waals surface area contributed by atoms with E-state index in [0.717, 1.165) is 48.8 Å². The molecule has 0 radical (unpaired) electrons. The molecule has 2 aromatic rings. The Kier molecular flexibility index (Phi) is 5.82. The maximum atomic E-state index is 14.0. The molecule has 3 aliphatic rings. The number of nitrogens with zero attached hydrogens (tertiary/aromatic N) is 1. The molecule has 2 aromatic carbocycles. The molecule has 1 unspecified atom stereocenters. The van der Waals surface area contributed by atoms with Crippen molar-refractivity contribution in [2.45, 2.75) is 37.5 Å². The van der Waals surface area contributed by atoms with Crippen LogP contribution in [0.2, 0.25) is 0 Å². The number of carbonyl (C=O) groups is 2.